The summed E-state index contributed by atoms with van der Waals surface area (Å²) >= 11 is 5.89. The minimum Gasteiger partial charge on any atom is -0.497 e. The number of hydrogen-bond donors (Lipinski definition) is 1. The van der Waals surface area contributed by atoms with Gasteiger partial charge in [0.15, 0.2) is 0 Å². The van der Waals surface area contributed by atoms with Crippen molar-refractivity contribution in [2.24, 2.45) is 0 Å². The normalized spacial score (nSPS) is 14.8. The van der Waals surface area contributed by atoms with Gasteiger partial charge in [-0.2, -0.15) is 0 Å². The summed E-state index contributed by atoms with van der Waals surface area (Å²) in [5.74, 6) is 0.874. The van der Waals surface area contributed by atoms with Crippen LogP contribution in [-0.2, 0) is 13.0 Å². The minimum absolute atomic E-state index is 0.0214. The molecule has 0 radical (unpaired) electrons. The number of benzene rings is 2. The predicted molar refractivity (Wildman–Crippen MR) is 108 cm³/mol. The van der Waals surface area contributed by atoms with Crippen molar-refractivity contribution >= 4 is 17.6 Å². The molecule has 0 aromatic heterocycles. The number of methoxy groups -OCH3 is 1. The lowest BCUT2D eigenvalue weighted by atomic mass is 10.1. The number of rotatable bonds is 6. The summed E-state index contributed by atoms with van der Waals surface area (Å²) in [7, 11) is 1.68. The molecule has 1 saturated heterocycles. The average molecular weight is 388 g/mol. The first-order valence-corrected chi connectivity index (χ1v) is 9.64. The Morgan fingerprint density at radius 2 is 1.63 bits per heavy atom. The number of nitrogens with zero attached hydrogens (tertiary/aromatic N) is 2. The quantitative estimate of drug-likeness (QED) is 0.826. The van der Waals surface area contributed by atoms with E-state index in [0.29, 0.717) is 6.54 Å². The summed E-state index contributed by atoms with van der Waals surface area (Å²) in [6.07, 6.45) is 0.806. The van der Waals surface area contributed by atoms with Crippen LogP contribution in [0.4, 0.5) is 4.79 Å². The summed E-state index contributed by atoms with van der Waals surface area (Å²) in [6.45, 7) is 4.81. The molecule has 0 atom stereocenters. The van der Waals surface area contributed by atoms with Crippen LogP contribution in [0.5, 0.6) is 5.75 Å². The minimum atomic E-state index is 0.0214. The summed E-state index contributed by atoms with van der Waals surface area (Å²) in [6, 6.07) is 15.9. The molecule has 3 rings (SSSR count). The molecule has 0 unspecified atom stereocenters. The van der Waals surface area contributed by atoms with Crippen molar-refractivity contribution in [3.63, 3.8) is 0 Å². The molecule has 0 spiro atoms. The van der Waals surface area contributed by atoms with E-state index in [-0.39, 0.29) is 6.03 Å². The molecule has 1 heterocycles. The van der Waals surface area contributed by atoms with Gasteiger partial charge in [0.2, 0.25) is 0 Å². The van der Waals surface area contributed by atoms with Gasteiger partial charge in [-0.3, -0.25) is 4.90 Å². The number of carbonyl (C=O) groups is 1. The maximum atomic E-state index is 12.3. The standard InChI is InChI=1S/C21H26ClN3O2/c1-27-20-8-4-18(5-9-20)16-24-12-14-25(15-13-24)21(26)23-11-10-17-2-6-19(22)7-3-17/h2-9H,10-16H2,1H3,(H,23,26). The number of piperazine rings is 1. The van der Waals surface area contributed by atoms with E-state index in [4.69, 9.17) is 16.3 Å². The molecular weight excluding hydrogens is 362 g/mol. The van der Waals surface area contributed by atoms with E-state index in [1.54, 1.807) is 7.11 Å². The molecule has 1 aliphatic heterocycles. The van der Waals surface area contributed by atoms with Gasteiger partial charge in [0.25, 0.3) is 0 Å². The molecule has 2 aromatic rings. The monoisotopic (exact) mass is 387 g/mol. The third-order valence-electron chi connectivity index (χ3n) is 4.83. The van der Waals surface area contributed by atoms with Crippen LogP contribution in [0.2, 0.25) is 5.02 Å². The number of carbonyl (C=O) groups excluding carboxylic acids is 1. The first-order valence-electron chi connectivity index (χ1n) is 9.26. The van der Waals surface area contributed by atoms with Crippen molar-refractivity contribution in [3.8, 4) is 5.75 Å². The van der Waals surface area contributed by atoms with E-state index in [9.17, 15) is 4.79 Å². The Hall–Kier alpha value is -2.24. The number of amides is 2. The molecule has 2 amide bonds. The number of halogens is 1. The highest BCUT2D eigenvalue weighted by Gasteiger charge is 2.20. The molecule has 0 aliphatic carbocycles. The molecule has 1 aliphatic rings. The lowest BCUT2D eigenvalue weighted by Crippen LogP contribution is -2.51. The maximum Gasteiger partial charge on any atom is 0.317 e. The second kappa shape index (κ2) is 9.62. The summed E-state index contributed by atoms with van der Waals surface area (Å²) in [5.41, 5.74) is 2.43. The van der Waals surface area contributed by atoms with E-state index in [1.807, 2.05) is 41.3 Å². The zero-order chi connectivity index (χ0) is 19.1. The maximum absolute atomic E-state index is 12.3. The molecule has 1 fully saturated rings. The first-order chi connectivity index (χ1) is 13.1. The van der Waals surface area contributed by atoms with Gasteiger partial charge in [0.1, 0.15) is 5.75 Å². The Bertz CT molecular complexity index is 726. The summed E-state index contributed by atoms with van der Waals surface area (Å²) in [4.78, 5) is 16.6. The van der Waals surface area contributed by atoms with Gasteiger partial charge >= 0.3 is 6.03 Å². The van der Waals surface area contributed by atoms with E-state index >= 15 is 0 Å². The predicted octanol–water partition coefficient (Wildman–Crippen LogP) is 3.42. The van der Waals surface area contributed by atoms with Crippen LogP contribution >= 0.6 is 11.6 Å². The molecule has 27 heavy (non-hydrogen) atoms. The van der Waals surface area contributed by atoms with Gasteiger partial charge in [-0.25, -0.2) is 4.79 Å². The average Bonchev–Trinajstić information content (AvgIpc) is 2.70. The van der Waals surface area contributed by atoms with E-state index in [1.165, 1.54) is 11.1 Å². The fourth-order valence-corrected chi connectivity index (χ4v) is 3.30. The van der Waals surface area contributed by atoms with E-state index in [0.717, 1.165) is 49.9 Å². The zero-order valence-corrected chi connectivity index (χ0v) is 16.4. The third kappa shape index (κ3) is 5.88. The lowest BCUT2D eigenvalue weighted by Gasteiger charge is -2.34. The van der Waals surface area contributed by atoms with Crippen molar-refractivity contribution in [1.82, 2.24) is 15.1 Å². The molecule has 0 saturated carbocycles. The highest BCUT2D eigenvalue weighted by Crippen LogP contribution is 2.14. The molecular formula is C21H26ClN3O2. The van der Waals surface area contributed by atoms with Crippen LogP contribution in [0.15, 0.2) is 48.5 Å². The van der Waals surface area contributed by atoms with Crippen LogP contribution in [0, 0.1) is 0 Å². The molecule has 1 N–H and O–H groups in total. The van der Waals surface area contributed by atoms with Crippen LogP contribution < -0.4 is 10.1 Å². The number of ether oxygens (including phenoxy) is 1. The SMILES string of the molecule is COc1ccc(CN2CCN(C(=O)NCCc3ccc(Cl)cc3)CC2)cc1. The Labute approximate surface area is 165 Å². The Kier molecular flexibility index (Phi) is 6.96. The molecule has 5 nitrogen and oxygen atoms in total. The van der Waals surface area contributed by atoms with Crippen molar-refractivity contribution < 1.29 is 9.53 Å². The lowest BCUT2D eigenvalue weighted by molar-refractivity contribution is 0.135. The number of urea groups is 1. The second-order valence-corrected chi connectivity index (χ2v) is 7.16. The Morgan fingerprint density at radius 1 is 1.00 bits per heavy atom. The molecule has 2 aromatic carbocycles. The zero-order valence-electron chi connectivity index (χ0n) is 15.7. The smallest absolute Gasteiger partial charge is 0.317 e. The molecule has 6 heteroatoms. The summed E-state index contributed by atoms with van der Waals surface area (Å²) < 4.78 is 5.19. The van der Waals surface area contributed by atoms with Gasteiger partial charge in [0, 0.05) is 44.3 Å². The summed E-state index contributed by atoms with van der Waals surface area (Å²) in [5, 5.41) is 3.75. The fraction of sp³-hybridized carbons (Fsp3) is 0.381. The Morgan fingerprint density at radius 3 is 2.26 bits per heavy atom. The first kappa shape index (κ1) is 19.5. The van der Waals surface area contributed by atoms with Gasteiger partial charge in [-0.15, -0.1) is 0 Å². The van der Waals surface area contributed by atoms with Crippen LogP contribution in [0.1, 0.15) is 11.1 Å². The van der Waals surface area contributed by atoms with Crippen molar-refractivity contribution in [3.05, 3.63) is 64.7 Å². The highest BCUT2D eigenvalue weighted by molar-refractivity contribution is 6.30. The van der Waals surface area contributed by atoms with Gasteiger partial charge in [0.05, 0.1) is 7.11 Å². The van der Waals surface area contributed by atoms with E-state index in [2.05, 4.69) is 22.3 Å². The van der Waals surface area contributed by atoms with Gasteiger partial charge < -0.3 is 15.0 Å². The van der Waals surface area contributed by atoms with Crippen molar-refractivity contribution in [2.45, 2.75) is 13.0 Å². The number of nitrogens with one attached hydrogen (secondary N) is 1. The van der Waals surface area contributed by atoms with Crippen molar-refractivity contribution in [1.29, 1.82) is 0 Å². The fourth-order valence-electron chi connectivity index (χ4n) is 3.17. The highest BCUT2D eigenvalue weighted by atomic mass is 35.5. The van der Waals surface area contributed by atoms with Crippen LogP contribution in [0.3, 0.4) is 0 Å². The third-order valence-corrected chi connectivity index (χ3v) is 5.08. The Balaban J connectivity index is 1.37. The van der Waals surface area contributed by atoms with Crippen LogP contribution in [0.25, 0.3) is 0 Å². The van der Waals surface area contributed by atoms with Gasteiger partial charge in [-0.1, -0.05) is 35.9 Å². The second-order valence-electron chi connectivity index (χ2n) is 6.72. The molecule has 144 valence electrons. The van der Waals surface area contributed by atoms with Crippen molar-refractivity contribution in [2.75, 3.05) is 39.8 Å². The number of hydrogen-bond acceptors (Lipinski definition) is 3. The topological polar surface area (TPSA) is 44.8 Å². The largest absolute Gasteiger partial charge is 0.497 e. The van der Waals surface area contributed by atoms with E-state index < -0.39 is 0 Å². The van der Waals surface area contributed by atoms with Gasteiger partial charge in [-0.05, 0) is 41.8 Å². The van der Waals surface area contributed by atoms with Crippen LogP contribution in [-0.4, -0.2) is 55.7 Å². The molecule has 0 bridgehead atoms.